The van der Waals surface area contributed by atoms with Gasteiger partial charge in [0, 0.05) is 18.2 Å². The second-order valence-electron chi connectivity index (χ2n) is 6.72. The molecule has 130 valence electrons. The molecule has 1 atom stereocenters. The summed E-state index contributed by atoms with van der Waals surface area (Å²) < 4.78 is 5.29. The molecule has 2 N–H and O–H groups in total. The average Bonchev–Trinajstić information content (AvgIpc) is 3.16. The minimum absolute atomic E-state index is 0. The maximum atomic E-state index is 12.7. The van der Waals surface area contributed by atoms with Gasteiger partial charge >= 0.3 is 0 Å². The fourth-order valence-corrected chi connectivity index (χ4v) is 3.33. The molecule has 0 radical (unpaired) electrons. The number of halogens is 1. The number of nitrogens with one attached hydrogen (secondary N) is 2. The van der Waals surface area contributed by atoms with Crippen LogP contribution in [0.15, 0.2) is 10.6 Å². The summed E-state index contributed by atoms with van der Waals surface area (Å²) in [6.45, 7) is 4.71. The number of rotatable bonds is 5. The van der Waals surface area contributed by atoms with E-state index in [0.717, 1.165) is 49.1 Å². The van der Waals surface area contributed by atoms with E-state index < -0.39 is 0 Å². The number of aromatic nitrogens is 2. The number of hydrogen-bond donors (Lipinski definition) is 2. The van der Waals surface area contributed by atoms with E-state index in [4.69, 9.17) is 4.52 Å². The van der Waals surface area contributed by atoms with Gasteiger partial charge in [-0.1, -0.05) is 5.16 Å². The topological polar surface area (TPSA) is 80.0 Å². The molecule has 2 aliphatic rings. The first-order chi connectivity index (χ1) is 11.2. The van der Waals surface area contributed by atoms with Crippen LogP contribution in [-0.2, 0) is 0 Å². The molecule has 1 aliphatic carbocycles. The maximum Gasteiger partial charge on any atom is 0.259 e. The smallest absolute Gasteiger partial charge is 0.259 e. The van der Waals surface area contributed by atoms with E-state index in [1.807, 2.05) is 13.0 Å². The highest BCUT2D eigenvalue weighted by atomic mass is 35.5. The average molecular weight is 351 g/mol. The summed E-state index contributed by atoms with van der Waals surface area (Å²) >= 11 is 0. The van der Waals surface area contributed by atoms with Gasteiger partial charge in [-0.15, -0.1) is 12.4 Å². The van der Waals surface area contributed by atoms with Gasteiger partial charge in [0.2, 0.25) is 0 Å². The van der Waals surface area contributed by atoms with Crippen molar-refractivity contribution < 1.29 is 9.32 Å². The second kappa shape index (κ2) is 7.07. The zero-order chi connectivity index (χ0) is 15.8. The third-order valence-corrected chi connectivity index (χ3v) is 4.88. The Hall–Kier alpha value is -1.66. The van der Waals surface area contributed by atoms with E-state index >= 15 is 0 Å². The summed E-state index contributed by atoms with van der Waals surface area (Å²) in [4.78, 5) is 17.2. The second-order valence-corrected chi connectivity index (χ2v) is 6.72. The first kappa shape index (κ1) is 17.2. The van der Waals surface area contributed by atoms with Gasteiger partial charge in [-0.2, -0.15) is 0 Å². The van der Waals surface area contributed by atoms with Crippen LogP contribution in [0.3, 0.4) is 0 Å². The molecule has 24 heavy (non-hydrogen) atoms. The van der Waals surface area contributed by atoms with E-state index in [1.54, 1.807) is 0 Å². The lowest BCUT2D eigenvalue weighted by molar-refractivity contribution is 0.0953. The van der Waals surface area contributed by atoms with Crippen molar-refractivity contribution in [1.82, 2.24) is 20.8 Å². The molecule has 2 fully saturated rings. The third kappa shape index (κ3) is 3.39. The van der Waals surface area contributed by atoms with E-state index in [0.29, 0.717) is 29.7 Å². The van der Waals surface area contributed by atoms with Crippen molar-refractivity contribution in [3.8, 4) is 0 Å². The van der Waals surface area contributed by atoms with Crippen molar-refractivity contribution >= 4 is 29.4 Å². The van der Waals surface area contributed by atoms with Crippen LogP contribution in [0.4, 0.5) is 0 Å². The van der Waals surface area contributed by atoms with Crippen LogP contribution in [0.25, 0.3) is 11.1 Å². The lowest BCUT2D eigenvalue weighted by atomic mass is 10.0. The van der Waals surface area contributed by atoms with Gasteiger partial charge in [-0.3, -0.25) is 4.79 Å². The number of fused-ring (bicyclic) bond motifs is 1. The van der Waals surface area contributed by atoms with Crippen molar-refractivity contribution in [3.63, 3.8) is 0 Å². The van der Waals surface area contributed by atoms with Crippen LogP contribution >= 0.6 is 12.4 Å². The Morgan fingerprint density at radius 1 is 1.42 bits per heavy atom. The van der Waals surface area contributed by atoms with Crippen molar-refractivity contribution in [2.75, 3.05) is 19.6 Å². The molecule has 4 rings (SSSR count). The van der Waals surface area contributed by atoms with E-state index in [1.165, 1.54) is 6.42 Å². The Kier molecular flexibility index (Phi) is 5.06. The number of nitrogens with zero attached hydrogens (tertiary/aromatic N) is 2. The molecule has 0 spiro atoms. The summed E-state index contributed by atoms with van der Waals surface area (Å²) in [6.07, 6.45) is 4.50. The Labute approximate surface area is 147 Å². The van der Waals surface area contributed by atoms with Crippen LogP contribution in [-0.4, -0.2) is 35.7 Å². The zero-order valence-corrected chi connectivity index (χ0v) is 14.6. The minimum atomic E-state index is -0.0449. The summed E-state index contributed by atoms with van der Waals surface area (Å²) in [7, 11) is 0. The lowest BCUT2D eigenvalue weighted by Crippen LogP contribution is -2.27. The molecule has 2 aromatic rings. The van der Waals surface area contributed by atoms with Crippen molar-refractivity contribution in [3.05, 3.63) is 23.0 Å². The molecule has 1 unspecified atom stereocenters. The summed E-state index contributed by atoms with van der Waals surface area (Å²) in [5, 5.41) is 11.1. The van der Waals surface area contributed by atoms with Gasteiger partial charge in [0.15, 0.2) is 0 Å². The number of hydrogen-bond acceptors (Lipinski definition) is 5. The molecule has 6 nitrogen and oxygen atoms in total. The van der Waals surface area contributed by atoms with Gasteiger partial charge in [-0.25, -0.2) is 4.98 Å². The van der Waals surface area contributed by atoms with Crippen LogP contribution < -0.4 is 10.6 Å². The van der Waals surface area contributed by atoms with Gasteiger partial charge in [0.1, 0.15) is 0 Å². The Balaban J connectivity index is 0.00000169. The third-order valence-electron chi connectivity index (χ3n) is 4.88. The molecule has 0 bridgehead atoms. The SMILES string of the molecule is Cc1noc2nc(C3CC3)cc(C(=O)NCCC3CCNC3)c12.Cl. The molecule has 1 amide bonds. The maximum absolute atomic E-state index is 12.7. The first-order valence-corrected chi connectivity index (χ1v) is 8.48. The minimum Gasteiger partial charge on any atom is -0.352 e. The Morgan fingerprint density at radius 3 is 2.96 bits per heavy atom. The fraction of sp³-hybridized carbons (Fsp3) is 0.588. The van der Waals surface area contributed by atoms with E-state index in [2.05, 4.69) is 20.8 Å². The largest absolute Gasteiger partial charge is 0.352 e. The monoisotopic (exact) mass is 350 g/mol. The Morgan fingerprint density at radius 2 is 2.25 bits per heavy atom. The number of carbonyl (C=O) groups is 1. The predicted octanol–water partition coefficient (Wildman–Crippen LogP) is 2.56. The number of aryl methyl sites for hydroxylation is 1. The van der Waals surface area contributed by atoms with Crippen molar-refractivity contribution in [2.45, 2.75) is 38.5 Å². The molecule has 1 saturated heterocycles. The van der Waals surface area contributed by atoms with Crippen LogP contribution in [0.5, 0.6) is 0 Å². The zero-order valence-electron chi connectivity index (χ0n) is 13.8. The molecule has 1 aliphatic heterocycles. The molecule has 0 aromatic carbocycles. The summed E-state index contributed by atoms with van der Waals surface area (Å²) in [6, 6.07) is 1.93. The van der Waals surface area contributed by atoms with Gasteiger partial charge in [-0.05, 0) is 57.7 Å². The van der Waals surface area contributed by atoms with Gasteiger partial charge in [0.05, 0.1) is 16.6 Å². The van der Waals surface area contributed by atoms with Crippen LogP contribution in [0, 0.1) is 12.8 Å². The predicted molar refractivity (Wildman–Crippen MR) is 93.7 cm³/mol. The number of amides is 1. The highest BCUT2D eigenvalue weighted by Gasteiger charge is 2.28. The normalized spacial score (nSPS) is 20.1. The number of pyridine rings is 1. The van der Waals surface area contributed by atoms with Crippen LogP contribution in [0.2, 0.25) is 0 Å². The summed E-state index contributed by atoms with van der Waals surface area (Å²) in [5.41, 5.74) is 2.82. The van der Waals surface area contributed by atoms with Gasteiger partial charge < -0.3 is 15.2 Å². The molecular weight excluding hydrogens is 328 g/mol. The number of carbonyl (C=O) groups excluding carboxylic acids is 1. The van der Waals surface area contributed by atoms with Crippen molar-refractivity contribution in [2.24, 2.45) is 5.92 Å². The highest BCUT2D eigenvalue weighted by molar-refractivity contribution is 6.06. The van der Waals surface area contributed by atoms with Gasteiger partial charge in [0.25, 0.3) is 11.6 Å². The first-order valence-electron chi connectivity index (χ1n) is 8.48. The molecular formula is C17H23ClN4O2. The molecule has 7 heteroatoms. The van der Waals surface area contributed by atoms with Crippen LogP contribution in [0.1, 0.15) is 53.3 Å². The summed E-state index contributed by atoms with van der Waals surface area (Å²) in [5.74, 6) is 1.10. The van der Waals surface area contributed by atoms with E-state index in [-0.39, 0.29) is 18.3 Å². The highest BCUT2D eigenvalue weighted by Crippen LogP contribution is 2.40. The van der Waals surface area contributed by atoms with Crippen molar-refractivity contribution in [1.29, 1.82) is 0 Å². The standard InChI is InChI=1S/C17H22N4O2.ClH/c1-10-15-13(16(22)19-7-5-11-4-6-18-9-11)8-14(12-2-3-12)20-17(15)23-21-10;/h8,11-12,18H,2-7,9H2,1H3,(H,19,22);1H. The molecule has 3 heterocycles. The fourth-order valence-electron chi connectivity index (χ4n) is 3.33. The molecule has 2 aromatic heterocycles. The Bertz CT molecular complexity index is 736. The lowest BCUT2D eigenvalue weighted by Gasteiger charge is -2.10. The molecule has 1 saturated carbocycles. The quantitative estimate of drug-likeness (QED) is 0.866. The van der Waals surface area contributed by atoms with E-state index in [9.17, 15) is 4.79 Å².